The summed E-state index contributed by atoms with van der Waals surface area (Å²) in [6.07, 6.45) is 0. The van der Waals surface area contributed by atoms with E-state index in [4.69, 9.17) is 0 Å². The number of hydrogen-bond acceptors (Lipinski definition) is 3. The van der Waals surface area contributed by atoms with E-state index in [0.29, 0.717) is 6.07 Å². The molecule has 0 aromatic heterocycles. The van der Waals surface area contributed by atoms with Crippen LogP contribution in [-0.4, -0.2) is 58.9 Å². The van der Waals surface area contributed by atoms with E-state index >= 15 is 0 Å². The molecule has 1 aliphatic heterocycles. The van der Waals surface area contributed by atoms with Gasteiger partial charge in [0.05, 0.1) is 17.4 Å². The van der Waals surface area contributed by atoms with Crippen LogP contribution in [0.3, 0.4) is 0 Å². The molecule has 1 heterocycles. The van der Waals surface area contributed by atoms with Gasteiger partial charge in [-0.05, 0) is 17.5 Å². The quantitative estimate of drug-likeness (QED) is 0.882. The van der Waals surface area contributed by atoms with E-state index in [1.807, 2.05) is 0 Å². The highest BCUT2D eigenvalue weighted by molar-refractivity contribution is 5.95. The second-order valence-corrected chi connectivity index (χ2v) is 7.36. The SMILES string of the molecule is CC1(C)[C@H](C(=O)O)[C@@H]1C(=O)N1CCN(C(=O)c2ccc(F)cc2F)CC1. The lowest BCUT2D eigenvalue weighted by Gasteiger charge is -2.35. The molecule has 0 bridgehead atoms. The maximum absolute atomic E-state index is 13.8. The van der Waals surface area contributed by atoms with Crippen LogP contribution in [0.2, 0.25) is 0 Å². The molecule has 3 rings (SSSR count). The summed E-state index contributed by atoms with van der Waals surface area (Å²) in [5.41, 5.74) is -0.784. The summed E-state index contributed by atoms with van der Waals surface area (Å²) in [6, 6.07) is 2.79. The molecule has 2 aliphatic rings. The minimum Gasteiger partial charge on any atom is -0.481 e. The molecule has 0 spiro atoms. The smallest absolute Gasteiger partial charge is 0.307 e. The van der Waals surface area contributed by atoms with Crippen LogP contribution in [0, 0.1) is 28.9 Å². The molecule has 0 unspecified atom stereocenters. The lowest BCUT2D eigenvalue weighted by Crippen LogP contribution is -2.51. The van der Waals surface area contributed by atoms with Crippen molar-refractivity contribution in [3.63, 3.8) is 0 Å². The highest BCUT2D eigenvalue weighted by atomic mass is 19.1. The first-order valence-corrected chi connectivity index (χ1v) is 8.40. The van der Waals surface area contributed by atoms with Crippen molar-refractivity contribution in [3.8, 4) is 0 Å². The lowest BCUT2D eigenvalue weighted by molar-refractivity contribution is -0.142. The van der Waals surface area contributed by atoms with E-state index in [9.17, 15) is 28.3 Å². The molecular formula is C18H20F2N2O4. The van der Waals surface area contributed by atoms with Crippen molar-refractivity contribution < 1.29 is 28.3 Å². The molecule has 140 valence electrons. The number of hydrogen-bond donors (Lipinski definition) is 1. The third-order valence-electron chi connectivity index (χ3n) is 5.40. The Morgan fingerprint density at radius 1 is 1.04 bits per heavy atom. The van der Waals surface area contributed by atoms with Crippen molar-refractivity contribution >= 4 is 17.8 Å². The number of carboxylic acids is 1. The Morgan fingerprint density at radius 2 is 1.62 bits per heavy atom. The Bertz CT molecular complexity index is 772. The van der Waals surface area contributed by atoms with Gasteiger partial charge in [-0.15, -0.1) is 0 Å². The minimum absolute atomic E-state index is 0.208. The predicted octanol–water partition coefficient (Wildman–Crippen LogP) is 1.61. The van der Waals surface area contributed by atoms with Crippen molar-refractivity contribution in [1.82, 2.24) is 9.80 Å². The maximum atomic E-state index is 13.8. The largest absolute Gasteiger partial charge is 0.481 e. The van der Waals surface area contributed by atoms with E-state index in [-0.39, 0.29) is 37.6 Å². The zero-order valence-electron chi connectivity index (χ0n) is 14.5. The van der Waals surface area contributed by atoms with Crippen LogP contribution in [0.25, 0.3) is 0 Å². The van der Waals surface area contributed by atoms with Crippen molar-refractivity contribution in [2.75, 3.05) is 26.2 Å². The molecule has 6 nitrogen and oxygen atoms in total. The Morgan fingerprint density at radius 3 is 2.12 bits per heavy atom. The standard InChI is InChI=1S/C18H20F2N2O4/c1-18(2)13(14(18)17(25)26)16(24)22-7-5-21(6-8-22)15(23)11-4-3-10(19)9-12(11)20/h3-4,9,13-14H,5-8H2,1-2H3,(H,25,26)/t13-,14+/m1/s1. The zero-order chi connectivity index (χ0) is 19.2. The Labute approximate surface area is 149 Å². The molecule has 1 aromatic carbocycles. The molecule has 1 aromatic rings. The van der Waals surface area contributed by atoms with Gasteiger partial charge in [-0.25, -0.2) is 8.78 Å². The van der Waals surface area contributed by atoms with Crippen LogP contribution in [0.4, 0.5) is 8.78 Å². The van der Waals surface area contributed by atoms with E-state index in [1.165, 1.54) is 4.90 Å². The number of aliphatic carboxylic acids is 1. The highest BCUT2D eigenvalue weighted by Crippen LogP contribution is 2.59. The van der Waals surface area contributed by atoms with Gasteiger partial charge in [0.15, 0.2) is 0 Å². The van der Waals surface area contributed by atoms with Crippen LogP contribution < -0.4 is 0 Å². The number of nitrogens with zero attached hydrogens (tertiary/aromatic N) is 2. The average Bonchev–Trinajstić information content (AvgIpc) is 3.16. The summed E-state index contributed by atoms with van der Waals surface area (Å²) in [5, 5.41) is 9.21. The zero-order valence-corrected chi connectivity index (χ0v) is 14.5. The molecule has 1 N–H and O–H groups in total. The first-order chi connectivity index (χ1) is 12.1. The molecule has 1 saturated heterocycles. The number of carbonyl (C=O) groups excluding carboxylic acids is 2. The topological polar surface area (TPSA) is 77.9 Å². The second kappa shape index (κ2) is 6.34. The van der Waals surface area contributed by atoms with Gasteiger partial charge in [-0.1, -0.05) is 13.8 Å². The lowest BCUT2D eigenvalue weighted by atomic mass is 10.1. The number of amides is 2. The fraction of sp³-hybridized carbons (Fsp3) is 0.500. The third kappa shape index (κ3) is 3.04. The molecule has 0 radical (unpaired) electrons. The van der Waals surface area contributed by atoms with Gasteiger partial charge in [-0.3, -0.25) is 14.4 Å². The Hall–Kier alpha value is -2.51. The van der Waals surface area contributed by atoms with Gasteiger partial charge in [0.1, 0.15) is 11.6 Å². The van der Waals surface area contributed by atoms with Crippen LogP contribution in [0.5, 0.6) is 0 Å². The fourth-order valence-electron chi connectivity index (χ4n) is 3.72. The van der Waals surface area contributed by atoms with Crippen LogP contribution in [0.1, 0.15) is 24.2 Å². The second-order valence-electron chi connectivity index (χ2n) is 7.36. The average molecular weight is 366 g/mol. The maximum Gasteiger partial charge on any atom is 0.307 e. The van der Waals surface area contributed by atoms with Crippen LogP contribution >= 0.6 is 0 Å². The van der Waals surface area contributed by atoms with Gasteiger partial charge in [-0.2, -0.15) is 0 Å². The number of rotatable bonds is 3. The molecule has 2 amide bonds. The summed E-state index contributed by atoms with van der Waals surface area (Å²) < 4.78 is 26.7. The number of benzene rings is 1. The predicted molar refractivity (Wildman–Crippen MR) is 87.2 cm³/mol. The van der Waals surface area contributed by atoms with Crippen LogP contribution in [-0.2, 0) is 9.59 Å². The van der Waals surface area contributed by atoms with E-state index in [2.05, 4.69) is 0 Å². The highest BCUT2D eigenvalue weighted by Gasteiger charge is 2.66. The number of halogens is 2. The third-order valence-corrected chi connectivity index (χ3v) is 5.40. The normalized spacial score (nSPS) is 24.3. The first-order valence-electron chi connectivity index (χ1n) is 8.40. The van der Waals surface area contributed by atoms with Crippen molar-refractivity contribution in [3.05, 3.63) is 35.4 Å². The molecule has 2 fully saturated rings. The first kappa shape index (κ1) is 18.3. The van der Waals surface area contributed by atoms with Crippen molar-refractivity contribution in [2.24, 2.45) is 17.3 Å². The van der Waals surface area contributed by atoms with E-state index in [1.54, 1.807) is 18.7 Å². The van der Waals surface area contributed by atoms with Gasteiger partial charge >= 0.3 is 5.97 Å². The summed E-state index contributed by atoms with van der Waals surface area (Å²) in [4.78, 5) is 39.2. The fourth-order valence-corrected chi connectivity index (χ4v) is 3.72. The number of carboxylic acid groups (broad SMARTS) is 1. The monoisotopic (exact) mass is 366 g/mol. The molecular weight excluding hydrogens is 346 g/mol. The Balaban J connectivity index is 1.62. The van der Waals surface area contributed by atoms with Gasteiger partial charge in [0, 0.05) is 32.2 Å². The van der Waals surface area contributed by atoms with E-state index < -0.39 is 40.8 Å². The molecule has 1 aliphatic carbocycles. The molecule has 1 saturated carbocycles. The van der Waals surface area contributed by atoms with Crippen molar-refractivity contribution in [2.45, 2.75) is 13.8 Å². The summed E-state index contributed by atoms with van der Waals surface area (Å²) in [5.74, 6) is -4.67. The number of piperazine rings is 1. The van der Waals surface area contributed by atoms with Gasteiger partial charge in [0.25, 0.3) is 5.91 Å². The summed E-state index contributed by atoms with van der Waals surface area (Å²) >= 11 is 0. The number of carbonyl (C=O) groups is 3. The van der Waals surface area contributed by atoms with Crippen molar-refractivity contribution in [1.29, 1.82) is 0 Å². The van der Waals surface area contributed by atoms with Gasteiger partial charge < -0.3 is 14.9 Å². The van der Waals surface area contributed by atoms with Crippen LogP contribution in [0.15, 0.2) is 18.2 Å². The van der Waals surface area contributed by atoms with E-state index in [0.717, 1.165) is 12.1 Å². The Kier molecular flexibility index (Phi) is 4.46. The molecule has 8 heteroatoms. The summed E-state index contributed by atoms with van der Waals surface area (Å²) in [7, 11) is 0. The minimum atomic E-state index is -0.978. The molecule has 26 heavy (non-hydrogen) atoms. The van der Waals surface area contributed by atoms with Gasteiger partial charge in [0.2, 0.25) is 5.91 Å². The summed E-state index contributed by atoms with van der Waals surface area (Å²) in [6.45, 7) is 4.45. The molecule has 2 atom stereocenters.